The van der Waals surface area contributed by atoms with Gasteiger partial charge in [-0.2, -0.15) is 0 Å². The van der Waals surface area contributed by atoms with Crippen LogP contribution in [0.2, 0.25) is 0 Å². The largest absolute Gasteiger partial charge is 0.344 e. The summed E-state index contributed by atoms with van der Waals surface area (Å²) in [6, 6.07) is 2.64. The summed E-state index contributed by atoms with van der Waals surface area (Å²) in [5.74, 6) is -0.562. The van der Waals surface area contributed by atoms with Crippen LogP contribution in [0.1, 0.15) is 30.4 Å². The number of Topliss-reactive ketones (excluding diaryl/α,β-unsaturated/α-hetero) is 1. The maximum absolute atomic E-state index is 11.6. The second-order valence-corrected chi connectivity index (χ2v) is 5.81. The normalized spacial score (nSPS) is 11.1. The van der Waals surface area contributed by atoms with Gasteiger partial charge in [0, 0.05) is 11.5 Å². The number of nitrogens with zero attached hydrogens (tertiary/aromatic N) is 1. The van der Waals surface area contributed by atoms with Gasteiger partial charge in [-0.05, 0) is 6.07 Å². The number of rotatable bonds is 4. The van der Waals surface area contributed by atoms with E-state index in [1.807, 2.05) is 0 Å². The van der Waals surface area contributed by atoms with E-state index in [2.05, 4.69) is 5.32 Å². The van der Waals surface area contributed by atoms with Crippen molar-refractivity contribution in [2.45, 2.75) is 20.8 Å². The van der Waals surface area contributed by atoms with Crippen LogP contribution in [0.3, 0.4) is 0 Å². The van der Waals surface area contributed by atoms with Gasteiger partial charge in [0.1, 0.15) is 0 Å². The average Bonchev–Trinajstić information content (AvgIpc) is 2.73. The average molecular weight is 270 g/mol. The molecule has 1 amide bonds. The minimum Gasteiger partial charge on any atom is -0.344 e. The zero-order valence-electron chi connectivity index (χ0n) is 10.4. The molecule has 0 bridgehead atoms. The Kier molecular flexibility index (Phi) is 4.18. The number of thiophene rings is 1. The number of hydrogen-bond acceptors (Lipinski definition) is 5. The van der Waals surface area contributed by atoms with E-state index in [1.165, 1.54) is 12.1 Å². The zero-order chi connectivity index (χ0) is 13.9. The molecule has 0 saturated heterocycles. The molecular formula is C11H14N2O4S. The predicted molar refractivity (Wildman–Crippen MR) is 67.8 cm³/mol. The van der Waals surface area contributed by atoms with Crippen LogP contribution in [-0.4, -0.2) is 23.2 Å². The van der Waals surface area contributed by atoms with Gasteiger partial charge in [0.25, 0.3) is 5.91 Å². The van der Waals surface area contributed by atoms with E-state index in [4.69, 9.17) is 0 Å². The van der Waals surface area contributed by atoms with Crippen molar-refractivity contribution in [1.29, 1.82) is 0 Å². The lowest BCUT2D eigenvalue weighted by Gasteiger charge is -2.16. The topological polar surface area (TPSA) is 89.3 Å². The van der Waals surface area contributed by atoms with Gasteiger partial charge in [0.15, 0.2) is 5.78 Å². The number of ketones is 1. The molecular weight excluding hydrogens is 256 g/mol. The first-order valence-electron chi connectivity index (χ1n) is 5.27. The van der Waals surface area contributed by atoms with Crippen LogP contribution in [0.5, 0.6) is 0 Å². The predicted octanol–water partition coefficient (Wildman–Crippen LogP) is 2.00. The van der Waals surface area contributed by atoms with Crippen LogP contribution < -0.4 is 5.32 Å². The molecule has 0 aliphatic rings. The first-order valence-corrected chi connectivity index (χ1v) is 6.09. The van der Waals surface area contributed by atoms with Crippen LogP contribution in [-0.2, 0) is 4.79 Å². The fourth-order valence-corrected chi connectivity index (χ4v) is 1.80. The SMILES string of the molecule is CC(C)(C)C(=O)CNC(=O)c1ccc([N+](=O)[O-])s1. The summed E-state index contributed by atoms with van der Waals surface area (Å²) in [4.78, 5) is 33.4. The number of nitro groups is 1. The minimum atomic E-state index is -0.554. The van der Waals surface area contributed by atoms with Gasteiger partial charge in [-0.1, -0.05) is 32.1 Å². The summed E-state index contributed by atoms with van der Waals surface area (Å²) < 4.78 is 0. The van der Waals surface area contributed by atoms with Crippen molar-refractivity contribution in [1.82, 2.24) is 5.32 Å². The maximum Gasteiger partial charge on any atom is 0.324 e. The molecule has 1 heterocycles. The highest BCUT2D eigenvalue weighted by Crippen LogP contribution is 2.23. The lowest BCUT2D eigenvalue weighted by Crippen LogP contribution is -2.35. The fraction of sp³-hybridized carbons (Fsp3) is 0.455. The Morgan fingerprint density at radius 3 is 2.44 bits per heavy atom. The molecule has 0 aromatic carbocycles. The number of nitrogens with one attached hydrogen (secondary N) is 1. The minimum absolute atomic E-state index is 0.0754. The molecule has 0 unspecified atom stereocenters. The number of hydrogen-bond donors (Lipinski definition) is 1. The third-order valence-corrected chi connectivity index (χ3v) is 3.28. The van der Waals surface area contributed by atoms with E-state index >= 15 is 0 Å². The molecule has 0 aliphatic heterocycles. The van der Waals surface area contributed by atoms with E-state index in [0.29, 0.717) is 0 Å². The lowest BCUT2D eigenvalue weighted by atomic mass is 9.91. The zero-order valence-corrected chi connectivity index (χ0v) is 11.2. The van der Waals surface area contributed by atoms with Crippen molar-refractivity contribution >= 4 is 28.0 Å². The van der Waals surface area contributed by atoms with Gasteiger partial charge in [0.05, 0.1) is 16.3 Å². The summed E-state index contributed by atoms with van der Waals surface area (Å²) in [5.41, 5.74) is -0.519. The van der Waals surface area contributed by atoms with Crippen LogP contribution in [0.4, 0.5) is 5.00 Å². The Morgan fingerprint density at radius 1 is 1.39 bits per heavy atom. The molecule has 1 N–H and O–H groups in total. The highest BCUT2D eigenvalue weighted by atomic mass is 32.1. The van der Waals surface area contributed by atoms with E-state index in [1.54, 1.807) is 20.8 Å². The molecule has 18 heavy (non-hydrogen) atoms. The molecule has 0 spiro atoms. The first-order chi connectivity index (χ1) is 8.21. The first kappa shape index (κ1) is 14.3. The molecule has 1 rings (SSSR count). The highest BCUT2D eigenvalue weighted by Gasteiger charge is 2.22. The Labute approximate surface area is 108 Å². The molecule has 1 aromatic heterocycles. The highest BCUT2D eigenvalue weighted by molar-refractivity contribution is 7.17. The molecule has 6 nitrogen and oxygen atoms in total. The van der Waals surface area contributed by atoms with Crippen molar-refractivity contribution in [2.24, 2.45) is 5.41 Å². The molecule has 0 fully saturated rings. The summed E-state index contributed by atoms with van der Waals surface area (Å²) in [7, 11) is 0. The van der Waals surface area contributed by atoms with Gasteiger partial charge in [-0.25, -0.2) is 0 Å². The number of amides is 1. The van der Waals surface area contributed by atoms with Crippen LogP contribution >= 0.6 is 11.3 Å². The fourth-order valence-electron chi connectivity index (χ4n) is 1.06. The van der Waals surface area contributed by atoms with Crippen molar-refractivity contribution in [3.8, 4) is 0 Å². The molecule has 98 valence electrons. The lowest BCUT2D eigenvalue weighted by molar-refractivity contribution is -0.380. The molecule has 0 aliphatic carbocycles. The van der Waals surface area contributed by atoms with Gasteiger partial charge in [-0.3, -0.25) is 19.7 Å². The van der Waals surface area contributed by atoms with Gasteiger partial charge >= 0.3 is 5.00 Å². The monoisotopic (exact) mass is 270 g/mol. The van der Waals surface area contributed by atoms with E-state index in [-0.39, 0.29) is 22.2 Å². The van der Waals surface area contributed by atoms with E-state index < -0.39 is 16.2 Å². The molecule has 0 atom stereocenters. The van der Waals surface area contributed by atoms with Crippen molar-refractivity contribution in [3.63, 3.8) is 0 Å². The third-order valence-electron chi connectivity index (χ3n) is 2.24. The van der Waals surface area contributed by atoms with E-state index in [9.17, 15) is 19.7 Å². The van der Waals surface area contributed by atoms with Crippen LogP contribution in [0, 0.1) is 15.5 Å². The quantitative estimate of drug-likeness (QED) is 0.669. The van der Waals surface area contributed by atoms with Gasteiger partial charge < -0.3 is 5.32 Å². The van der Waals surface area contributed by atoms with Crippen LogP contribution in [0.25, 0.3) is 0 Å². The molecule has 1 aromatic rings. The molecule has 0 saturated carbocycles. The second-order valence-electron chi connectivity index (χ2n) is 4.75. The Morgan fingerprint density at radius 2 is 2.00 bits per heavy atom. The molecule has 0 radical (unpaired) electrons. The van der Waals surface area contributed by atoms with Crippen LogP contribution in [0.15, 0.2) is 12.1 Å². The van der Waals surface area contributed by atoms with Crippen molar-refractivity contribution in [2.75, 3.05) is 6.54 Å². The van der Waals surface area contributed by atoms with E-state index in [0.717, 1.165) is 11.3 Å². The number of carbonyl (C=O) groups is 2. The van der Waals surface area contributed by atoms with Gasteiger partial charge in [-0.15, -0.1) is 0 Å². The smallest absolute Gasteiger partial charge is 0.324 e. The Hall–Kier alpha value is -1.76. The third kappa shape index (κ3) is 3.63. The second kappa shape index (κ2) is 5.26. The van der Waals surface area contributed by atoms with Crippen molar-refractivity contribution < 1.29 is 14.5 Å². The summed E-state index contributed by atoms with van der Waals surface area (Å²) >= 11 is 0.786. The summed E-state index contributed by atoms with van der Waals surface area (Å²) in [5, 5.41) is 12.8. The van der Waals surface area contributed by atoms with Gasteiger partial charge in [0.2, 0.25) is 0 Å². The Balaban J connectivity index is 2.61. The summed E-state index contributed by atoms with van der Waals surface area (Å²) in [6.45, 7) is 5.21. The van der Waals surface area contributed by atoms with Crippen molar-refractivity contribution in [3.05, 3.63) is 27.1 Å². The number of carbonyl (C=O) groups excluding carboxylic acids is 2. The molecule has 7 heteroatoms. The Bertz CT molecular complexity index is 487. The summed E-state index contributed by atoms with van der Waals surface area (Å²) in [6.07, 6.45) is 0. The standard InChI is InChI=1S/C11H14N2O4S/c1-11(2,3)8(14)6-12-10(15)7-4-5-9(18-7)13(16)17/h4-5H,6H2,1-3H3,(H,12,15). The maximum atomic E-state index is 11.6.